The summed E-state index contributed by atoms with van der Waals surface area (Å²) < 4.78 is 0. The molecule has 2 aliphatic carbocycles. The summed E-state index contributed by atoms with van der Waals surface area (Å²) >= 11 is 0. The van der Waals surface area contributed by atoms with Crippen LogP contribution in [0.4, 0.5) is 0 Å². The molecule has 0 atom stereocenters. The number of hydrogen-bond acceptors (Lipinski definition) is 2. The predicted molar refractivity (Wildman–Crippen MR) is 76.9 cm³/mol. The van der Waals surface area contributed by atoms with Crippen LogP contribution in [-0.4, -0.2) is 48.9 Å². The molecule has 2 saturated carbocycles. The molecular weight excluding hydrogens is 236 g/mol. The van der Waals surface area contributed by atoms with Crippen LogP contribution in [0.2, 0.25) is 0 Å². The molecule has 0 N–H and O–H groups in total. The van der Waals surface area contributed by atoms with Gasteiger partial charge in [-0.15, -0.1) is 0 Å². The maximum Gasteiger partial charge on any atom is 0.225 e. The largest absolute Gasteiger partial charge is 0.341 e. The van der Waals surface area contributed by atoms with Gasteiger partial charge < -0.3 is 9.80 Å². The van der Waals surface area contributed by atoms with E-state index in [4.69, 9.17) is 0 Å². The van der Waals surface area contributed by atoms with Gasteiger partial charge in [0.1, 0.15) is 0 Å². The molecule has 0 bridgehead atoms. The molecule has 0 aromatic rings. The molecular formula is C16H28N2O. The lowest BCUT2D eigenvalue weighted by Gasteiger charge is -2.54. The highest BCUT2D eigenvalue weighted by Gasteiger charge is 2.48. The zero-order valence-corrected chi connectivity index (χ0v) is 12.5. The fraction of sp³-hybridized carbons (Fsp3) is 0.938. The van der Waals surface area contributed by atoms with Gasteiger partial charge in [-0.25, -0.2) is 0 Å². The first kappa shape index (κ1) is 13.4. The minimum Gasteiger partial charge on any atom is -0.341 e. The summed E-state index contributed by atoms with van der Waals surface area (Å²) in [7, 11) is 4.39. The van der Waals surface area contributed by atoms with Gasteiger partial charge in [0.15, 0.2) is 0 Å². The average molecular weight is 264 g/mol. The normalized spacial score (nSPS) is 28.1. The summed E-state index contributed by atoms with van der Waals surface area (Å²) in [6.07, 6.45) is 10.1. The van der Waals surface area contributed by atoms with Crippen molar-refractivity contribution in [3.8, 4) is 0 Å². The standard InChI is InChI=1S/C16H28N2O/c1-17(2)14-7-9-16(10-8-14)11-18(12-16)15(19)13-5-3-4-6-13/h13-14H,3-12H2,1-2H3. The molecule has 1 amide bonds. The Balaban J connectivity index is 1.48. The minimum absolute atomic E-state index is 0.371. The Bertz CT molecular complexity index is 331. The van der Waals surface area contributed by atoms with Crippen LogP contribution in [0.25, 0.3) is 0 Å². The van der Waals surface area contributed by atoms with Crippen molar-refractivity contribution in [2.75, 3.05) is 27.2 Å². The Hall–Kier alpha value is -0.570. The van der Waals surface area contributed by atoms with E-state index < -0.39 is 0 Å². The molecule has 1 spiro atoms. The average Bonchev–Trinajstić information content (AvgIpc) is 2.89. The Morgan fingerprint density at radius 2 is 1.63 bits per heavy atom. The number of rotatable bonds is 2. The molecule has 3 aliphatic rings. The first-order valence-corrected chi connectivity index (χ1v) is 8.05. The topological polar surface area (TPSA) is 23.6 Å². The number of carbonyl (C=O) groups is 1. The van der Waals surface area contributed by atoms with E-state index in [-0.39, 0.29) is 0 Å². The summed E-state index contributed by atoms with van der Waals surface area (Å²) in [5, 5.41) is 0. The van der Waals surface area contributed by atoms with Crippen molar-refractivity contribution in [2.45, 2.75) is 57.4 Å². The van der Waals surface area contributed by atoms with Crippen LogP contribution in [0, 0.1) is 11.3 Å². The van der Waals surface area contributed by atoms with E-state index >= 15 is 0 Å². The lowest BCUT2D eigenvalue weighted by Crippen LogP contribution is -2.61. The first-order chi connectivity index (χ1) is 9.10. The minimum atomic E-state index is 0.371. The van der Waals surface area contributed by atoms with E-state index in [0.717, 1.165) is 32.0 Å². The monoisotopic (exact) mass is 264 g/mol. The van der Waals surface area contributed by atoms with Gasteiger partial charge in [-0.3, -0.25) is 4.79 Å². The van der Waals surface area contributed by atoms with Crippen LogP contribution in [0.5, 0.6) is 0 Å². The zero-order valence-electron chi connectivity index (χ0n) is 12.5. The van der Waals surface area contributed by atoms with Crippen LogP contribution in [0.15, 0.2) is 0 Å². The molecule has 1 saturated heterocycles. The van der Waals surface area contributed by atoms with Crippen molar-refractivity contribution in [1.29, 1.82) is 0 Å². The Labute approximate surface area is 117 Å². The van der Waals surface area contributed by atoms with Gasteiger partial charge >= 0.3 is 0 Å². The number of likely N-dealkylation sites (tertiary alicyclic amines) is 1. The fourth-order valence-corrected chi connectivity index (χ4v) is 4.40. The molecule has 1 aliphatic heterocycles. The van der Waals surface area contributed by atoms with Gasteiger partial charge in [-0.1, -0.05) is 12.8 Å². The highest BCUT2D eigenvalue weighted by Crippen LogP contribution is 2.45. The highest BCUT2D eigenvalue weighted by atomic mass is 16.2. The van der Waals surface area contributed by atoms with Gasteiger partial charge in [-0.2, -0.15) is 0 Å². The van der Waals surface area contributed by atoms with Gasteiger partial charge in [-0.05, 0) is 52.6 Å². The van der Waals surface area contributed by atoms with Crippen molar-refractivity contribution in [3.63, 3.8) is 0 Å². The lowest BCUT2D eigenvalue weighted by molar-refractivity contribution is -0.150. The predicted octanol–water partition coefficient (Wildman–Crippen LogP) is 2.51. The fourth-order valence-electron chi connectivity index (χ4n) is 4.40. The molecule has 3 heteroatoms. The smallest absolute Gasteiger partial charge is 0.225 e. The van der Waals surface area contributed by atoms with Crippen molar-refractivity contribution in [2.24, 2.45) is 11.3 Å². The SMILES string of the molecule is CN(C)C1CCC2(CC1)CN(C(=O)C1CCCC1)C2. The van der Waals surface area contributed by atoms with Crippen LogP contribution < -0.4 is 0 Å². The molecule has 3 rings (SSSR count). The molecule has 1 heterocycles. The van der Waals surface area contributed by atoms with Crippen molar-refractivity contribution in [3.05, 3.63) is 0 Å². The molecule has 0 aromatic carbocycles. The summed E-state index contributed by atoms with van der Waals surface area (Å²) in [5.41, 5.74) is 0.501. The number of amides is 1. The van der Waals surface area contributed by atoms with Gasteiger partial charge in [0.25, 0.3) is 0 Å². The maximum absolute atomic E-state index is 12.3. The van der Waals surface area contributed by atoms with E-state index in [1.807, 2.05) is 0 Å². The van der Waals surface area contributed by atoms with E-state index in [2.05, 4.69) is 23.9 Å². The van der Waals surface area contributed by atoms with Crippen molar-refractivity contribution < 1.29 is 4.79 Å². The lowest BCUT2D eigenvalue weighted by atomic mass is 9.67. The zero-order chi connectivity index (χ0) is 13.5. The summed E-state index contributed by atoms with van der Waals surface area (Å²) in [4.78, 5) is 16.9. The van der Waals surface area contributed by atoms with E-state index in [9.17, 15) is 4.79 Å². The summed E-state index contributed by atoms with van der Waals surface area (Å²) in [6, 6.07) is 0.769. The van der Waals surface area contributed by atoms with Crippen LogP contribution in [-0.2, 0) is 4.79 Å². The second kappa shape index (κ2) is 5.08. The molecule has 108 valence electrons. The highest BCUT2D eigenvalue weighted by molar-refractivity contribution is 5.80. The Kier molecular flexibility index (Phi) is 3.59. The number of carbonyl (C=O) groups excluding carboxylic acids is 1. The Morgan fingerprint density at radius 3 is 2.16 bits per heavy atom. The van der Waals surface area contributed by atoms with Crippen LogP contribution >= 0.6 is 0 Å². The van der Waals surface area contributed by atoms with Crippen molar-refractivity contribution >= 4 is 5.91 Å². The van der Waals surface area contributed by atoms with Crippen LogP contribution in [0.3, 0.4) is 0 Å². The third kappa shape index (κ3) is 2.54. The van der Waals surface area contributed by atoms with Gasteiger partial charge in [0.05, 0.1) is 0 Å². The first-order valence-electron chi connectivity index (χ1n) is 8.05. The van der Waals surface area contributed by atoms with E-state index in [1.165, 1.54) is 38.5 Å². The van der Waals surface area contributed by atoms with Gasteiger partial charge in [0, 0.05) is 30.5 Å². The third-order valence-electron chi connectivity index (χ3n) is 5.81. The quantitative estimate of drug-likeness (QED) is 0.765. The molecule has 19 heavy (non-hydrogen) atoms. The van der Waals surface area contributed by atoms with Crippen molar-refractivity contribution in [1.82, 2.24) is 9.80 Å². The second-order valence-corrected chi connectivity index (χ2v) is 7.37. The van der Waals surface area contributed by atoms with E-state index in [1.54, 1.807) is 0 Å². The number of nitrogens with zero attached hydrogens (tertiary/aromatic N) is 2. The molecule has 3 fully saturated rings. The molecule has 0 unspecified atom stereocenters. The van der Waals surface area contributed by atoms with Crippen LogP contribution in [0.1, 0.15) is 51.4 Å². The van der Waals surface area contributed by atoms with E-state index in [0.29, 0.717) is 17.2 Å². The molecule has 0 radical (unpaired) electrons. The summed E-state index contributed by atoms with van der Waals surface area (Å²) in [6.45, 7) is 2.12. The molecule has 3 nitrogen and oxygen atoms in total. The number of hydrogen-bond donors (Lipinski definition) is 0. The second-order valence-electron chi connectivity index (χ2n) is 7.37. The summed E-state index contributed by atoms with van der Waals surface area (Å²) in [5.74, 6) is 0.841. The molecule has 0 aromatic heterocycles. The Morgan fingerprint density at radius 1 is 1.05 bits per heavy atom. The third-order valence-corrected chi connectivity index (χ3v) is 5.81. The maximum atomic E-state index is 12.3. The van der Waals surface area contributed by atoms with Gasteiger partial charge in [0.2, 0.25) is 5.91 Å².